The van der Waals surface area contributed by atoms with Gasteiger partial charge >= 0.3 is 11.9 Å². The van der Waals surface area contributed by atoms with Crippen LogP contribution in [0.4, 0.5) is 0 Å². The molecule has 3 aliphatic rings. The molecule has 9 heteroatoms. The van der Waals surface area contributed by atoms with Crippen LogP contribution in [0.2, 0.25) is 0 Å². The Morgan fingerprint density at radius 3 is 2.35 bits per heavy atom. The Kier molecular flexibility index (Phi) is 7.23. The Balaban J connectivity index is 1.58. The van der Waals surface area contributed by atoms with Crippen molar-refractivity contribution in [1.29, 1.82) is 0 Å². The molecule has 3 fully saturated rings. The van der Waals surface area contributed by atoms with Gasteiger partial charge in [0.25, 0.3) is 5.91 Å². The standard InChI is InChI=1S/C22H35N3O5S/c1-21(2,3)20(28)30-14-29-19(27)16-22(4,5)31-18-15(17(26)25(16)18)23-13-24-11-9-7-6-8-10-12-24/h13,15-16,18H,6-12,14H2,1-5H3/b23-13+/t15?,16-,18+/m0/s1. The average molecular weight is 454 g/mol. The molecule has 3 rings (SSSR count). The molecule has 0 N–H and O–H groups in total. The zero-order chi connectivity index (χ0) is 22.8. The van der Waals surface area contributed by atoms with Crippen molar-refractivity contribution in [2.45, 2.75) is 88.9 Å². The normalized spacial score (nSPS) is 28.5. The first-order valence-electron chi connectivity index (χ1n) is 11.1. The molecule has 0 radical (unpaired) electrons. The quantitative estimate of drug-likeness (QED) is 0.208. The second kappa shape index (κ2) is 9.38. The highest BCUT2D eigenvalue weighted by atomic mass is 32.2. The molecule has 0 aliphatic carbocycles. The number of likely N-dealkylation sites (tertiary alicyclic amines) is 1. The molecule has 31 heavy (non-hydrogen) atoms. The summed E-state index contributed by atoms with van der Waals surface area (Å²) in [6, 6.07) is -1.19. The minimum Gasteiger partial charge on any atom is -0.427 e. The second-order valence-electron chi connectivity index (χ2n) is 10.0. The smallest absolute Gasteiger partial charge is 0.333 e. The predicted molar refractivity (Wildman–Crippen MR) is 120 cm³/mol. The second-order valence-corrected chi connectivity index (χ2v) is 11.8. The van der Waals surface area contributed by atoms with Crippen molar-refractivity contribution in [1.82, 2.24) is 9.80 Å². The van der Waals surface area contributed by atoms with Crippen molar-refractivity contribution in [2.75, 3.05) is 19.9 Å². The number of nitrogens with zero attached hydrogens (tertiary/aromatic N) is 3. The molecule has 1 amide bonds. The average Bonchev–Trinajstić information content (AvgIpc) is 2.90. The van der Waals surface area contributed by atoms with E-state index < -0.39 is 41.0 Å². The van der Waals surface area contributed by atoms with E-state index in [9.17, 15) is 14.4 Å². The number of aliphatic imine (C=N–C) groups is 1. The van der Waals surface area contributed by atoms with Crippen molar-refractivity contribution in [2.24, 2.45) is 10.4 Å². The third-order valence-corrected chi connectivity index (χ3v) is 7.48. The molecule has 0 aromatic heterocycles. The predicted octanol–water partition coefficient (Wildman–Crippen LogP) is 2.80. The van der Waals surface area contributed by atoms with Gasteiger partial charge in [0.1, 0.15) is 11.4 Å². The largest absolute Gasteiger partial charge is 0.427 e. The Hall–Kier alpha value is -1.77. The van der Waals surface area contributed by atoms with Gasteiger partial charge in [-0.05, 0) is 47.5 Å². The van der Waals surface area contributed by atoms with Gasteiger partial charge in [-0.1, -0.05) is 19.3 Å². The van der Waals surface area contributed by atoms with Gasteiger partial charge in [-0.25, -0.2) is 4.79 Å². The molecule has 0 spiro atoms. The number of hydrogen-bond donors (Lipinski definition) is 0. The van der Waals surface area contributed by atoms with Gasteiger partial charge in [-0.2, -0.15) is 0 Å². The topological polar surface area (TPSA) is 88.5 Å². The number of rotatable bonds is 5. The van der Waals surface area contributed by atoms with E-state index in [-0.39, 0.29) is 11.3 Å². The number of amides is 1. The number of thioether (sulfide) groups is 1. The molecule has 8 nitrogen and oxygen atoms in total. The van der Waals surface area contributed by atoms with Gasteiger partial charge in [-0.15, -0.1) is 11.8 Å². The first-order valence-corrected chi connectivity index (χ1v) is 12.0. The lowest BCUT2D eigenvalue weighted by molar-refractivity contribution is -0.179. The fourth-order valence-electron chi connectivity index (χ4n) is 4.10. The molecule has 0 aromatic rings. The van der Waals surface area contributed by atoms with Gasteiger partial charge in [0.15, 0.2) is 6.04 Å². The number of esters is 2. The number of ether oxygens (including phenoxy) is 2. The van der Waals surface area contributed by atoms with Crippen molar-refractivity contribution in [3.05, 3.63) is 0 Å². The molecule has 3 atom stereocenters. The van der Waals surface area contributed by atoms with Gasteiger partial charge in [0.2, 0.25) is 6.79 Å². The number of carbonyl (C=O) groups excluding carboxylic acids is 3. The van der Waals surface area contributed by atoms with Gasteiger partial charge in [-0.3, -0.25) is 14.6 Å². The van der Waals surface area contributed by atoms with E-state index in [2.05, 4.69) is 9.89 Å². The van der Waals surface area contributed by atoms with Crippen LogP contribution in [0.25, 0.3) is 0 Å². The van der Waals surface area contributed by atoms with Gasteiger partial charge in [0, 0.05) is 17.8 Å². The minimum absolute atomic E-state index is 0.153. The van der Waals surface area contributed by atoms with E-state index in [1.807, 2.05) is 20.2 Å². The molecule has 1 unspecified atom stereocenters. The summed E-state index contributed by atoms with van der Waals surface area (Å²) in [5.74, 6) is -1.15. The SMILES string of the molecule is CC(C)(C)C(=O)OCOC(=O)[C@@H]1N2C(=O)C(/N=C/N3CCCCCCC3)[C@H]2SC1(C)C. The summed E-state index contributed by atoms with van der Waals surface area (Å²) in [4.78, 5) is 45.8. The molecule has 174 valence electrons. The van der Waals surface area contributed by atoms with Crippen LogP contribution in [0.15, 0.2) is 4.99 Å². The van der Waals surface area contributed by atoms with E-state index >= 15 is 0 Å². The zero-order valence-electron chi connectivity index (χ0n) is 19.3. The monoisotopic (exact) mass is 453 g/mol. The number of fused-ring (bicyclic) bond motifs is 1. The van der Waals surface area contributed by atoms with E-state index in [1.54, 1.807) is 37.4 Å². The molecular formula is C22H35N3O5S. The summed E-state index contributed by atoms with van der Waals surface area (Å²) in [5.41, 5.74) is -0.675. The van der Waals surface area contributed by atoms with E-state index in [1.165, 1.54) is 19.3 Å². The highest BCUT2D eigenvalue weighted by molar-refractivity contribution is 8.01. The van der Waals surface area contributed by atoms with Gasteiger partial charge in [0.05, 0.1) is 11.8 Å². The molecule has 0 saturated carbocycles. The Labute approximate surface area is 189 Å². The van der Waals surface area contributed by atoms with Crippen LogP contribution < -0.4 is 0 Å². The summed E-state index contributed by atoms with van der Waals surface area (Å²) in [5, 5.41) is -0.178. The lowest BCUT2D eigenvalue weighted by atomic mass is 9.96. The molecule has 0 aromatic carbocycles. The van der Waals surface area contributed by atoms with Crippen LogP contribution in [0.5, 0.6) is 0 Å². The van der Waals surface area contributed by atoms with Crippen molar-refractivity contribution in [3.8, 4) is 0 Å². The third kappa shape index (κ3) is 5.35. The highest BCUT2D eigenvalue weighted by Crippen LogP contribution is 2.51. The highest BCUT2D eigenvalue weighted by Gasteiger charge is 2.64. The fraction of sp³-hybridized carbons (Fsp3) is 0.818. The van der Waals surface area contributed by atoms with E-state index in [0.717, 1.165) is 25.9 Å². The zero-order valence-corrected chi connectivity index (χ0v) is 20.1. The van der Waals surface area contributed by atoms with Crippen LogP contribution in [-0.2, 0) is 23.9 Å². The van der Waals surface area contributed by atoms with E-state index in [0.29, 0.717) is 0 Å². The van der Waals surface area contributed by atoms with Crippen LogP contribution in [-0.4, -0.2) is 76.1 Å². The summed E-state index contributed by atoms with van der Waals surface area (Å²) in [6.07, 6.45) is 7.90. The van der Waals surface area contributed by atoms with Crippen LogP contribution >= 0.6 is 11.8 Å². The Bertz CT molecular complexity index is 725. The maximum atomic E-state index is 12.8. The van der Waals surface area contributed by atoms with Crippen LogP contribution in [0.1, 0.15) is 66.7 Å². The summed E-state index contributed by atoms with van der Waals surface area (Å²) in [6.45, 7) is 10.5. The fourth-order valence-corrected chi connectivity index (χ4v) is 5.72. The molecule has 3 aliphatic heterocycles. The Morgan fingerprint density at radius 2 is 1.74 bits per heavy atom. The first-order chi connectivity index (χ1) is 14.5. The molecule has 3 saturated heterocycles. The van der Waals surface area contributed by atoms with Crippen molar-refractivity contribution < 1.29 is 23.9 Å². The van der Waals surface area contributed by atoms with E-state index in [4.69, 9.17) is 9.47 Å². The summed E-state index contributed by atoms with van der Waals surface area (Å²) in [7, 11) is 0. The van der Waals surface area contributed by atoms with Crippen molar-refractivity contribution >= 4 is 35.9 Å². The first kappa shape index (κ1) is 23.9. The summed E-state index contributed by atoms with van der Waals surface area (Å²) < 4.78 is 9.73. The Morgan fingerprint density at radius 1 is 1.13 bits per heavy atom. The van der Waals surface area contributed by atoms with Crippen molar-refractivity contribution in [3.63, 3.8) is 0 Å². The van der Waals surface area contributed by atoms with Crippen LogP contribution in [0.3, 0.4) is 0 Å². The minimum atomic E-state index is -0.725. The van der Waals surface area contributed by atoms with Gasteiger partial charge < -0.3 is 19.3 Å². The molecule has 0 bridgehead atoms. The molecular weight excluding hydrogens is 418 g/mol. The van der Waals surface area contributed by atoms with Crippen LogP contribution in [0, 0.1) is 5.41 Å². The third-order valence-electron chi connectivity index (χ3n) is 5.92. The number of carbonyl (C=O) groups is 3. The maximum absolute atomic E-state index is 12.8. The lowest BCUT2D eigenvalue weighted by Gasteiger charge is -2.42. The summed E-state index contributed by atoms with van der Waals surface area (Å²) >= 11 is 1.57. The number of β-lactam (4-membered cyclic amide) rings is 1. The lowest BCUT2D eigenvalue weighted by Crippen LogP contribution is -2.65. The molecule has 3 heterocycles. The number of hydrogen-bond acceptors (Lipinski definition) is 7. The maximum Gasteiger partial charge on any atom is 0.333 e.